The molecule has 0 radical (unpaired) electrons. The molecule has 1 aromatic carbocycles. The van der Waals surface area contributed by atoms with Gasteiger partial charge in [0.05, 0.1) is 6.61 Å². The minimum atomic E-state index is -1.36. The third kappa shape index (κ3) is 5.68. The maximum Gasteiger partial charge on any atom is 0.336 e. The summed E-state index contributed by atoms with van der Waals surface area (Å²) in [6, 6.07) is 6.05. The highest BCUT2D eigenvalue weighted by Crippen LogP contribution is 2.31. The highest BCUT2D eigenvalue weighted by molar-refractivity contribution is 5.81. The molecule has 1 N–H and O–H groups in total. The summed E-state index contributed by atoms with van der Waals surface area (Å²) in [5.74, 6) is -2.02. The van der Waals surface area contributed by atoms with E-state index in [1.165, 1.54) is 12.1 Å². The number of hydrogen-bond donors (Lipinski definition) is 1. The zero-order valence-electron chi connectivity index (χ0n) is 18.4. The summed E-state index contributed by atoms with van der Waals surface area (Å²) in [5, 5.41) is 10.5. The molecule has 0 bridgehead atoms. The van der Waals surface area contributed by atoms with Crippen LogP contribution in [-0.4, -0.2) is 60.3 Å². The first-order valence-electron chi connectivity index (χ1n) is 10.1. The Hall–Kier alpha value is -3.44. The third-order valence-electron chi connectivity index (χ3n) is 4.85. The normalized spacial score (nSPS) is 24.7. The average molecular weight is 464 g/mol. The van der Waals surface area contributed by atoms with Crippen molar-refractivity contribution in [2.45, 2.75) is 58.4 Å². The smallest absolute Gasteiger partial charge is 0.336 e. The lowest BCUT2D eigenvalue weighted by atomic mass is 9.98. The van der Waals surface area contributed by atoms with E-state index in [2.05, 4.69) is 0 Å². The van der Waals surface area contributed by atoms with Crippen molar-refractivity contribution in [3.05, 3.63) is 40.2 Å². The molecule has 1 aromatic heterocycles. The second-order valence-electron chi connectivity index (χ2n) is 7.47. The molecular formula is C22H24O11. The Labute approximate surface area is 188 Å². The molecule has 11 nitrogen and oxygen atoms in total. The maximum absolute atomic E-state index is 11.8. The molecule has 0 saturated carbocycles. The number of aliphatic hydroxyl groups excluding tert-OH is 1. The Morgan fingerprint density at radius 3 is 2.15 bits per heavy atom. The number of rotatable bonds is 6. The van der Waals surface area contributed by atoms with Crippen LogP contribution in [0.15, 0.2) is 33.5 Å². The zero-order valence-corrected chi connectivity index (χ0v) is 18.4. The summed E-state index contributed by atoms with van der Waals surface area (Å²) < 4.78 is 32.6. The number of benzene rings is 1. The monoisotopic (exact) mass is 464 g/mol. The zero-order chi connectivity index (χ0) is 24.3. The van der Waals surface area contributed by atoms with Gasteiger partial charge in [0.25, 0.3) is 0 Å². The van der Waals surface area contributed by atoms with Gasteiger partial charge in [0.15, 0.2) is 12.2 Å². The molecule has 5 atom stereocenters. The van der Waals surface area contributed by atoms with Crippen LogP contribution in [0.1, 0.15) is 26.3 Å². The van der Waals surface area contributed by atoms with E-state index in [4.69, 9.17) is 28.1 Å². The van der Waals surface area contributed by atoms with Gasteiger partial charge in [-0.15, -0.1) is 0 Å². The fourth-order valence-electron chi connectivity index (χ4n) is 3.61. The van der Waals surface area contributed by atoms with E-state index in [1.807, 2.05) is 0 Å². The van der Waals surface area contributed by atoms with E-state index >= 15 is 0 Å². The van der Waals surface area contributed by atoms with Crippen LogP contribution in [0.25, 0.3) is 11.0 Å². The largest absolute Gasteiger partial charge is 0.461 e. The van der Waals surface area contributed by atoms with Gasteiger partial charge in [-0.05, 0) is 24.6 Å². The van der Waals surface area contributed by atoms with Gasteiger partial charge in [-0.1, -0.05) is 0 Å². The molecule has 33 heavy (non-hydrogen) atoms. The molecule has 0 unspecified atom stereocenters. The van der Waals surface area contributed by atoms with Crippen molar-refractivity contribution < 1.29 is 47.6 Å². The van der Waals surface area contributed by atoms with Crippen molar-refractivity contribution in [2.75, 3.05) is 6.61 Å². The summed E-state index contributed by atoms with van der Waals surface area (Å²) in [7, 11) is 0. The van der Waals surface area contributed by atoms with Crippen LogP contribution in [0.2, 0.25) is 0 Å². The van der Waals surface area contributed by atoms with E-state index in [-0.39, 0.29) is 11.3 Å². The number of aryl methyl sites for hydroxylation is 1. The van der Waals surface area contributed by atoms with Crippen molar-refractivity contribution in [1.29, 1.82) is 0 Å². The van der Waals surface area contributed by atoms with Gasteiger partial charge in [0.2, 0.25) is 12.4 Å². The number of esters is 3. The van der Waals surface area contributed by atoms with E-state index in [1.54, 1.807) is 19.1 Å². The first kappa shape index (κ1) is 24.2. The van der Waals surface area contributed by atoms with Crippen molar-refractivity contribution in [3.63, 3.8) is 0 Å². The molecule has 0 amide bonds. The number of aliphatic hydroxyl groups is 1. The highest BCUT2D eigenvalue weighted by Gasteiger charge is 2.52. The number of ether oxygens (including phenoxy) is 5. The molecule has 178 valence electrons. The molecule has 3 rings (SSSR count). The van der Waals surface area contributed by atoms with Crippen molar-refractivity contribution in [1.82, 2.24) is 0 Å². The quantitative estimate of drug-likeness (QED) is 0.371. The molecule has 0 aliphatic carbocycles. The topological polar surface area (TPSA) is 148 Å². The molecule has 0 spiro atoms. The Morgan fingerprint density at radius 1 is 0.939 bits per heavy atom. The van der Waals surface area contributed by atoms with E-state index in [9.17, 15) is 24.3 Å². The second-order valence-corrected chi connectivity index (χ2v) is 7.47. The summed E-state index contributed by atoms with van der Waals surface area (Å²) in [6.45, 7) is 4.53. The molecule has 1 saturated heterocycles. The minimum absolute atomic E-state index is 0.183. The van der Waals surface area contributed by atoms with Crippen LogP contribution in [0.3, 0.4) is 0 Å². The summed E-state index contributed by atoms with van der Waals surface area (Å²) in [5.41, 5.74) is 0.424. The maximum atomic E-state index is 11.8. The van der Waals surface area contributed by atoms with Crippen LogP contribution < -0.4 is 10.4 Å². The van der Waals surface area contributed by atoms with E-state index in [0.29, 0.717) is 10.9 Å². The SMILES string of the molecule is CC(=O)O[C@H]1[C@H](OC(C)=O)[C@@H](Oc2ccc3c(C)cc(=O)oc3c2)O[C@H](CO)[C@@H]1OC(C)=O. The van der Waals surface area contributed by atoms with Crippen LogP contribution in [-0.2, 0) is 33.3 Å². The summed E-state index contributed by atoms with van der Waals surface area (Å²) in [4.78, 5) is 46.9. The lowest BCUT2D eigenvalue weighted by molar-refractivity contribution is -0.287. The molecule has 11 heteroatoms. The van der Waals surface area contributed by atoms with E-state index in [0.717, 1.165) is 20.8 Å². The fourth-order valence-corrected chi connectivity index (χ4v) is 3.61. The molecule has 2 aromatic rings. The van der Waals surface area contributed by atoms with Crippen LogP contribution >= 0.6 is 0 Å². The minimum Gasteiger partial charge on any atom is -0.461 e. The number of fused-ring (bicyclic) bond motifs is 1. The predicted octanol–water partition coefficient (Wildman–Crippen LogP) is 0.993. The van der Waals surface area contributed by atoms with Gasteiger partial charge in [-0.25, -0.2) is 4.79 Å². The van der Waals surface area contributed by atoms with Crippen molar-refractivity contribution in [2.24, 2.45) is 0 Å². The predicted molar refractivity (Wildman–Crippen MR) is 110 cm³/mol. The fraction of sp³-hybridized carbons (Fsp3) is 0.455. The van der Waals surface area contributed by atoms with Crippen molar-refractivity contribution >= 4 is 28.9 Å². The lowest BCUT2D eigenvalue weighted by Gasteiger charge is -2.43. The lowest BCUT2D eigenvalue weighted by Crippen LogP contribution is -2.63. The number of hydrogen-bond acceptors (Lipinski definition) is 11. The van der Waals surface area contributed by atoms with Gasteiger partial charge in [-0.2, -0.15) is 0 Å². The molecule has 2 heterocycles. The second kappa shape index (κ2) is 10.0. The first-order chi connectivity index (χ1) is 15.6. The van der Waals surface area contributed by atoms with Crippen LogP contribution in [0.5, 0.6) is 5.75 Å². The Morgan fingerprint density at radius 2 is 1.55 bits per heavy atom. The van der Waals surface area contributed by atoms with E-state index < -0.39 is 60.8 Å². The van der Waals surface area contributed by atoms with Gasteiger partial charge in [0, 0.05) is 38.3 Å². The number of carbonyl (C=O) groups excluding carboxylic acids is 3. The Balaban J connectivity index is 2.00. The molecule has 1 fully saturated rings. The average Bonchev–Trinajstić information content (AvgIpc) is 2.70. The van der Waals surface area contributed by atoms with Crippen LogP contribution in [0.4, 0.5) is 0 Å². The van der Waals surface area contributed by atoms with Crippen molar-refractivity contribution in [3.8, 4) is 5.75 Å². The molecule has 1 aliphatic heterocycles. The standard InChI is InChI=1S/C22H24O11/c1-10-7-18(27)32-16-8-14(5-6-15(10)16)31-22-21(30-13(4)26)20(29-12(3)25)19(28-11(2)24)17(9-23)33-22/h5-8,17,19-23H,9H2,1-4H3/t17-,19+,20-,21+,22+/m1/s1. The van der Waals surface area contributed by atoms with Gasteiger partial charge in [0.1, 0.15) is 17.4 Å². The first-order valence-corrected chi connectivity index (χ1v) is 10.1. The number of carbonyl (C=O) groups is 3. The molecular weight excluding hydrogens is 440 g/mol. The van der Waals surface area contributed by atoms with Gasteiger partial charge in [-0.3, -0.25) is 14.4 Å². The third-order valence-corrected chi connectivity index (χ3v) is 4.85. The highest BCUT2D eigenvalue weighted by atomic mass is 16.7. The Bertz CT molecular complexity index is 1110. The van der Waals surface area contributed by atoms with Crippen LogP contribution in [0, 0.1) is 6.92 Å². The van der Waals surface area contributed by atoms with Gasteiger partial charge >= 0.3 is 23.5 Å². The summed E-state index contributed by atoms with van der Waals surface area (Å²) in [6.07, 6.45) is -6.46. The molecule has 1 aliphatic rings. The van der Waals surface area contributed by atoms with Gasteiger partial charge < -0.3 is 33.2 Å². The summed E-state index contributed by atoms with van der Waals surface area (Å²) >= 11 is 0. The Kier molecular flexibility index (Phi) is 7.34.